The van der Waals surface area contributed by atoms with E-state index >= 15 is 0 Å². The number of benzene rings is 2. The largest absolute Gasteiger partial charge is 0.493 e. The molecule has 2 aromatic carbocycles. The van der Waals surface area contributed by atoms with E-state index in [1.54, 1.807) is 12.1 Å². The predicted molar refractivity (Wildman–Crippen MR) is 107 cm³/mol. The van der Waals surface area contributed by atoms with E-state index in [1.165, 1.54) is 39.3 Å². The minimum absolute atomic E-state index is 0.327. The second-order valence-electron chi connectivity index (χ2n) is 7.11. The molecule has 1 fully saturated rings. The Morgan fingerprint density at radius 1 is 1.09 bits per heavy atom. The van der Waals surface area contributed by atoms with E-state index in [2.05, 4.69) is 10.6 Å². The number of rotatable bonds is 6. The molecule has 2 N–H and O–H groups in total. The van der Waals surface area contributed by atoms with Crippen molar-refractivity contribution < 1.29 is 37.0 Å². The molecule has 1 heterocycles. The molecule has 1 saturated heterocycles. The van der Waals surface area contributed by atoms with Gasteiger partial charge in [-0.1, -0.05) is 18.2 Å². The summed E-state index contributed by atoms with van der Waals surface area (Å²) in [4.78, 5) is 38.5. The van der Waals surface area contributed by atoms with Crippen LogP contribution < -0.4 is 20.1 Å². The smallest absolute Gasteiger partial charge is 0.418 e. The number of nitrogens with zero attached hydrogens (tertiary/aromatic N) is 1. The summed E-state index contributed by atoms with van der Waals surface area (Å²) in [6.07, 6.45) is -4.68. The maximum absolute atomic E-state index is 13.1. The van der Waals surface area contributed by atoms with Crippen LogP contribution in [0.3, 0.4) is 0 Å². The first-order chi connectivity index (χ1) is 15.0. The van der Waals surface area contributed by atoms with Crippen molar-refractivity contribution >= 4 is 23.5 Å². The van der Waals surface area contributed by atoms with Gasteiger partial charge in [-0.25, -0.2) is 4.79 Å². The Labute approximate surface area is 181 Å². The fourth-order valence-electron chi connectivity index (χ4n) is 3.36. The van der Waals surface area contributed by atoms with Gasteiger partial charge in [0.1, 0.15) is 12.1 Å². The summed E-state index contributed by atoms with van der Waals surface area (Å²) >= 11 is 0. The van der Waals surface area contributed by atoms with Crippen molar-refractivity contribution in [2.75, 3.05) is 26.1 Å². The van der Waals surface area contributed by atoms with Gasteiger partial charge in [0.2, 0.25) is 5.91 Å². The zero-order valence-corrected chi connectivity index (χ0v) is 17.4. The highest BCUT2D eigenvalue weighted by Crippen LogP contribution is 2.36. The first-order valence-corrected chi connectivity index (χ1v) is 9.34. The number of halogens is 3. The number of hydrogen-bond acceptors (Lipinski definition) is 5. The zero-order valence-electron chi connectivity index (χ0n) is 17.4. The summed E-state index contributed by atoms with van der Waals surface area (Å²) < 4.78 is 49.8. The molecular formula is C21H20F3N3O5. The lowest BCUT2D eigenvalue weighted by Crippen LogP contribution is -2.42. The fourth-order valence-corrected chi connectivity index (χ4v) is 3.36. The van der Waals surface area contributed by atoms with E-state index in [0.29, 0.717) is 22.0 Å². The molecule has 0 radical (unpaired) electrons. The molecule has 4 amide bonds. The lowest BCUT2D eigenvalue weighted by molar-refractivity contribution is -0.137. The maximum atomic E-state index is 13.1. The number of carbonyl (C=O) groups excluding carboxylic acids is 3. The maximum Gasteiger partial charge on any atom is 0.418 e. The Bertz CT molecular complexity index is 1070. The topological polar surface area (TPSA) is 97.0 Å². The first kappa shape index (κ1) is 22.9. The number of hydrogen-bond donors (Lipinski definition) is 2. The molecule has 3 rings (SSSR count). The number of alkyl halides is 3. The van der Waals surface area contributed by atoms with Crippen LogP contribution in [-0.4, -0.2) is 43.5 Å². The quantitative estimate of drug-likeness (QED) is 0.658. The fraction of sp³-hybridized carbons (Fsp3) is 0.286. The van der Waals surface area contributed by atoms with E-state index in [9.17, 15) is 27.6 Å². The van der Waals surface area contributed by atoms with Crippen molar-refractivity contribution in [3.8, 4) is 11.5 Å². The monoisotopic (exact) mass is 451 g/mol. The molecule has 2 aromatic rings. The molecule has 170 valence electrons. The summed E-state index contributed by atoms with van der Waals surface area (Å²) in [6, 6.07) is 8.19. The highest BCUT2D eigenvalue weighted by Gasteiger charge is 2.49. The van der Waals surface area contributed by atoms with Crippen molar-refractivity contribution in [2.45, 2.75) is 18.6 Å². The van der Waals surface area contributed by atoms with E-state index in [1.807, 2.05) is 0 Å². The van der Waals surface area contributed by atoms with Gasteiger partial charge in [-0.2, -0.15) is 13.2 Å². The molecule has 1 unspecified atom stereocenters. The molecule has 1 atom stereocenters. The summed E-state index contributed by atoms with van der Waals surface area (Å²) in [6.45, 7) is 0.686. The average Bonchev–Trinajstić information content (AvgIpc) is 2.96. The van der Waals surface area contributed by atoms with E-state index in [0.717, 1.165) is 12.1 Å². The van der Waals surface area contributed by atoms with Crippen LogP contribution in [0.4, 0.5) is 23.7 Å². The van der Waals surface area contributed by atoms with Crippen LogP contribution in [-0.2, 0) is 21.3 Å². The normalized spacial score (nSPS) is 18.4. The average molecular weight is 451 g/mol. The number of imide groups is 1. The van der Waals surface area contributed by atoms with E-state index in [4.69, 9.17) is 9.47 Å². The summed E-state index contributed by atoms with van der Waals surface area (Å²) in [5.74, 6) is -0.958. The Morgan fingerprint density at radius 3 is 2.38 bits per heavy atom. The van der Waals surface area contributed by atoms with Crippen LogP contribution in [0.1, 0.15) is 18.1 Å². The van der Waals surface area contributed by atoms with Crippen molar-refractivity contribution in [3.05, 3.63) is 53.6 Å². The number of urea groups is 1. The van der Waals surface area contributed by atoms with Crippen molar-refractivity contribution in [2.24, 2.45) is 0 Å². The molecule has 0 saturated carbocycles. The standard InChI is InChI=1S/C21H20F3N3O5/c1-20(12-8-9-15(31-2)16(10-12)32-3)18(29)27(19(30)26-20)11-17(28)25-14-7-5-4-6-13(14)21(22,23)24/h4-10H,11H2,1-3H3,(H,25,28)(H,26,30). The molecule has 0 aliphatic carbocycles. The molecule has 11 heteroatoms. The number of carbonyl (C=O) groups is 3. The molecule has 8 nitrogen and oxygen atoms in total. The minimum Gasteiger partial charge on any atom is -0.493 e. The summed E-state index contributed by atoms with van der Waals surface area (Å²) in [5.41, 5.74) is -2.65. The number of amides is 4. The Kier molecular flexibility index (Phi) is 6.02. The highest BCUT2D eigenvalue weighted by atomic mass is 19.4. The number of anilines is 1. The van der Waals surface area contributed by atoms with Gasteiger partial charge in [-0.15, -0.1) is 0 Å². The third-order valence-electron chi connectivity index (χ3n) is 5.04. The van der Waals surface area contributed by atoms with Crippen molar-refractivity contribution in [1.82, 2.24) is 10.2 Å². The van der Waals surface area contributed by atoms with Gasteiger partial charge >= 0.3 is 12.2 Å². The van der Waals surface area contributed by atoms with Crippen LogP contribution in [0.2, 0.25) is 0 Å². The van der Waals surface area contributed by atoms with E-state index in [-0.39, 0.29) is 0 Å². The van der Waals surface area contributed by atoms with Crippen LogP contribution in [0, 0.1) is 0 Å². The lowest BCUT2D eigenvalue weighted by atomic mass is 9.91. The van der Waals surface area contributed by atoms with Crippen LogP contribution in [0.5, 0.6) is 11.5 Å². The number of ether oxygens (including phenoxy) is 2. The van der Waals surface area contributed by atoms with Crippen LogP contribution in [0.25, 0.3) is 0 Å². The molecule has 0 spiro atoms. The van der Waals surface area contributed by atoms with Gasteiger partial charge in [-0.3, -0.25) is 14.5 Å². The zero-order chi connectivity index (χ0) is 23.7. The molecular weight excluding hydrogens is 431 g/mol. The van der Waals surface area contributed by atoms with E-state index < -0.39 is 47.4 Å². The number of nitrogens with one attached hydrogen (secondary N) is 2. The second-order valence-corrected chi connectivity index (χ2v) is 7.11. The van der Waals surface area contributed by atoms with Gasteiger partial charge in [0, 0.05) is 0 Å². The summed E-state index contributed by atoms with van der Waals surface area (Å²) in [7, 11) is 2.85. The van der Waals surface area contributed by atoms with Gasteiger partial charge in [0.25, 0.3) is 5.91 Å². The Balaban J connectivity index is 1.81. The van der Waals surface area contributed by atoms with Crippen molar-refractivity contribution in [1.29, 1.82) is 0 Å². The molecule has 1 aliphatic heterocycles. The third-order valence-corrected chi connectivity index (χ3v) is 5.04. The van der Waals surface area contributed by atoms with Gasteiger partial charge in [0.05, 0.1) is 25.5 Å². The van der Waals surface area contributed by atoms with Crippen molar-refractivity contribution in [3.63, 3.8) is 0 Å². The Hall–Kier alpha value is -3.76. The second kappa shape index (κ2) is 8.40. The molecule has 1 aliphatic rings. The molecule has 0 bridgehead atoms. The SMILES string of the molecule is COc1ccc(C2(C)NC(=O)N(CC(=O)Nc3ccccc3C(F)(F)F)C2=O)cc1OC. The Morgan fingerprint density at radius 2 is 1.75 bits per heavy atom. The molecule has 0 aromatic heterocycles. The minimum atomic E-state index is -4.68. The van der Waals surface area contributed by atoms with Crippen LogP contribution >= 0.6 is 0 Å². The third kappa shape index (κ3) is 4.18. The lowest BCUT2D eigenvalue weighted by Gasteiger charge is -2.23. The number of methoxy groups -OCH3 is 2. The van der Waals surface area contributed by atoms with Gasteiger partial charge in [0.15, 0.2) is 11.5 Å². The highest BCUT2D eigenvalue weighted by molar-refractivity contribution is 6.10. The summed E-state index contributed by atoms with van der Waals surface area (Å²) in [5, 5.41) is 4.64. The first-order valence-electron chi connectivity index (χ1n) is 9.34. The van der Waals surface area contributed by atoms with Crippen LogP contribution in [0.15, 0.2) is 42.5 Å². The van der Waals surface area contributed by atoms with Gasteiger partial charge in [-0.05, 0) is 36.8 Å². The molecule has 32 heavy (non-hydrogen) atoms. The predicted octanol–water partition coefficient (Wildman–Crippen LogP) is 3.13. The van der Waals surface area contributed by atoms with Gasteiger partial charge < -0.3 is 20.1 Å². The number of para-hydroxylation sites is 1.